The number of ether oxygens (including phenoxy) is 1. The van der Waals surface area contributed by atoms with Crippen molar-refractivity contribution in [2.24, 2.45) is 0 Å². The summed E-state index contributed by atoms with van der Waals surface area (Å²) in [5.74, 6) is 0.955. The van der Waals surface area contributed by atoms with Gasteiger partial charge in [-0.1, -0.05) is 20.8 Å². The van der Waals surface area contributed by atoms with Crippen LogP contribution in [0.15, 0.2) is 18.3 Å². The first-order valence-corrected chi connectivity index (χ1v) is 11.6. The smallest absolute Gasteiger partial charge is 0.222 e. The first kappa shape index (κ1) is 21.8. The van der Waals surface area contributed by atoms with Crippen molar-refractivity contribution in [1.82, 2.24) is 24.4 Å². The number of pyridine rings is 1. The van der Waals surface area contributed by atoms with Gasteiger partial charge in [0.1, 0.15) is 5.52 Å². The number of fused-ring (bicyclic) bond motifs is 1. The van der Waals surface area contributed by atoms with Gasteiger partial charge in [-0.2, -0.15) is 0 Å². The number of aryl methyl sites for hydroxylation is 2. The van der Waals surface area contributed by atoms with Crippen molar-refractivity contribution in [3.8, 4) is 17.1 Å². The van der Waals surface area contributed by atoms with Crippen LogP contribution in [-0.2, 0) is 0 Å². The molecule has 1 saturated heterocycles. The molecule has 4 heterocycles. The van der Waals surface area contributed by atoms with E-state index in [1.165, 1.54) is 25.9 Å². The quantitative estimate of drug-likeness (QED) is 0.519. The van der Waals surface area contributed by atoms with E-state index in [4.69, 9.17) is 19.7 Å². The molecule has 0 unspecified atom stereocenters. The Bertz CT molecular complexity index is 1070. The molecular weight excluding hydrogens is 386 g/mol. The third kappa shape index (κ3) is 4.18. The molecule has 0 bridgehead atoms. The molecule has 31 heavy (non-hydrogen) atoms. The number of rotatable bonds is 7. The van der Waals surface area contributed by atoms with E-state index >= 15 is 0 Å². The summed E-state index contributed by atoms with van der Waals surface area (Å²) in [5, 5.41) is 0. The van der Waals surface area contributed by atoms with E-state index in [-0.39, 0.29) is 0 Å². The topological polar surface area (TPSA) is 56.1 Å². The van der Waals surface area contributed by atoms with Crippen molar-refractivity contribution in [3.63, 3.8) is 0 Å². The Morgan fingerprint density at radius 2 is 1.81 bits per heavy atom. The van der Waals surface area contributed by atoms with Crippen molar-refractivity contribution in [2.45, 2.75) is 65.8 Å². The SMILES string of the molecule is CC[C@H](CN1CCCC1)n1cc(C)c2nc(-c3ccc(C(C)C)nc3OC)c(C)nc21. The number of aromatic nitrogens is 4. The lowest BCUT2D eigenvalue weighted by molar-refractivity contribution is 0.275. The van der Waals surface area contributed by atoms with Crippen molar-refractivity contribution in [3.05, 3.63) is 35.3 Å². The van der Waals surface area contributed by atoms with Crippen molar-refractivity contribution in [2.75, 3.05) is 26.7 Å². The summed E-state index contributed by atoms with van der Waals surface area (Å²) < 4.78 is 7.98. The molecule has 3 aromatic rings. The Morgan fingerprint density at radius 3 is 2.45 bits per heavy atom. The van der Waals surface area contributed by atoms with Crippen LogP contribution in [0.5, 0.6) is 5.88 Å². The highest BCUT2D eigenvalue weighted by Gasteiger charge is 2.23. The zero-order valence-corrected chi connectivity index (χ0v) is 19.8. The molecule has 1 fully saturated rings. The van der Waals surface area contributed by atoms with E-state index in [0.29, 0.717) is 17.8 Å². The predicted molar refractivity (Wildman–Crippen MR) is 126 cm³/mol. The van der Waals surface area contributed by atoms with Crippen LogP contribution in [0.4, 0.5) is 0 Å². The fourth-order valence-electron chi connectivity index (χ4n) is 4.61. The minimum Gasteiger partial charge on any atom is -0.480 e. The summed E-state index contributed by atoms with van der Waals surface area (Å²) in [5.41, 5.74) is 6.78. The number of nitrogens with zero attached hydrogens (tertiary/aromatic N) is 5. The molecule has 0 amide bonds. The second kappa shape index (κ2) is 8.95. The van der Waals surface area contributed by atoms with Crippen molar-refractivity contribution >= 4 is 11.2 Å². The maximum Gasteiger partial charge on any atom is 0.222 e. The summed E-state index contributed by atoms with van der Waals surface area (Å²) in [6.45, 7) is 14.2. The first-order chi connectivity index (χ1) is 14.9. The molecule has 1 aliphatic rings. The normalized spacial score (nSPS) is 15.8. The molecule has 0 radical (unpaired) electrons. The van der Waals surface area contributed by atoms with Gasteiger partial charge in [-0.15, -0.1) is 0 Å². The average molecular weight is 422 g/mol. The lowest BCUT2D eigenvalue weighted by Gasteiger charge is -2.24. The molecule has 0 aliphatic carbocycles. The third-order valence-corrected chi connectivity index (χ3v) is 6.46. The summed E-state index contributed by atoms with van der Waals surface area (Å²) in [4.78, 5) is 17.4. The minimum atomic E-state index is 0.343. The summed E-state index contributed by atoms with van der Waals surface area (Å²) in [7, 11) is 1.67. The molecule has 0 aromatic carbocycles. The van der Waals surface area contributed by atoms with Crippen LogP contribution in [0.2, 0.25) is 0 Å². The molecule has 6 heteroatoms. The standard InChI is InChI=1S/C25H35N5O/c1-7-19(15-29-12-8-9-13-29)30-14-17(4)22-24(30)26-18(5)23(28-22)20-10-11-21(16(2)3)27-25(20)31-6/h10-11,14,16,19H,7-9,12-13,15H2,1-6H3/t19-/m1/s1. The number of hydrogen-bond donors (Lipinski definition) is 0. The summed E-state index contributed by atoms with van der Waals surface area (Å²) in [6, 6.07) is 4.54. The van der Waals surface area contributed by atoms with E-state index < -0.39 is 0 Å². The van der Waals surface area contributed by atoms with Gasteiger partial charge in [-0.3, -0.25) is 0 Å². The monoisotopic (exact) mass is 421 g/mol. The van der Waals surface area contributed by atoms with Crippen LogP contribution in [0, 0.1) is 13.8 Å². The van der Waals surface area contributed by atoms with Gasteiger partial charge < -0.3 is 14.2 Å². The van der Waals surface area contributed by atoms with Crippen LogP contribution < -0.4 is 4.74 Å². The van der Waals surface area contributed by atoms with E-state index in [0.717, 1.165) is 52.3 Å². The van der Waals surface area contributed by atoms with E-state index in [9.17, 15) is 0 Å². The Morgan fingerprint density at radius 1 is 1.06 bits per heavy atom. The van der Waals surface area contributed by atoms with Gasteiger partial charge in [-0.05, 0) is 69.8 Å². The lowest BCUT2D eigenvalue weighted by atomic mass is 10.1. The highest BCUT2D eigenvalue weighted by molar-refractivity contribution is 5.81. The van der Waals surface area contributed by atoms with Gasteiger partial charge in [0.15, 0.2) is 5.65 Å². The number of likely N-dealkylation sites (tertiary alicyclic amines) is 1. The molecule has 4 rings (SSSR count). The highest BCUT2D eigenvalue weighted by atomic mass is 16.5. The van der Waals surface area contributed by atoms with E-state index in [1.807, 2.05) is 6.92 Å². The lowest BCUT2D eigenvalue weighted by Crippen LogP contribution is -2.28. The Kier molecular flexibility index (Phi) is 6.28. The minimum absolute atomic E-state index is 0.343. The maximum atomic E-state index is 5.63. The Hall–Kier alpha value is -2.47. The summed E-state index contributed by atoms with van der Waals surface area (Å²) >= 11 is 0. The molecule has 166 valence electrons. The van der Waals surface area contributed by atoms with Gasteiger partial charge in [0, 0.05) is 24.5 Å². The average Bonchev–Trinajstić information content (AvgIpc) is 3.38. The molecule has 1 atom stereocenters. The van der Waals surface area contributed by atoms with Gasteiger partial charge in [0.2, 0.25) is 5.88 Å². The van der Waals surface area contributed by atoms with Crippen LogP contribution in [0.1, 0.15) is 68.9 Å². The van der Waals surface area contributed by atoms with Crippen molar-refractivity contribution in [1.29, 1.82) is 0 Å². The first-order valence-electron chi connectivity index (χ1n) is 11.6. The van der Waals surface area contributed by atoms with Crippen molar-refractivity contribution < 1.29 is 4.74 Å². The third-order valence-electron chi connectivity index (χ3n) is 6.46. The van der Waals surface area contributed by atoms with E-state index in [1.54, 1.807) is 7.11 Å². The number of methoxy groups -OCH3 is 1. The zero-order chi connectivity index (χ0) is 22.1. The van der Waals surface area contributed by atoms with Crippen LogP contribution in [0.3, 0.4) is 0 Å². The highest BCUT2D eigenvalue weighted by Crippen LogP contribution is 2.33. The summed E-state index contributed by atoms with van der Waals surface area (Å²) in [6.07, 6.45) is 5.94. The molecule has 3 aromatic heterocycles. The van der Waals surface area contributed by atoms with E-state index in [2.05, 4.69) is 55.5 Å². The predicted octanol–water partition coefficient (Wildman–Crippen LogP) is 5.29. The Balaban J connectivity index is 1.77. The van der Waals surface area contributed by atoms with Gasteiger partial charge in [0.05, 0.1) is 24.1 Å². The second-order valence-corrected chi connectivity index (χ2v) is 9.07. The fourth-order valence-corrected chi connectivity index (χ4v) is 4.61. The van der Waals surface area contributed by atoms with Gasteiger partial charge in [0.25, 0.3) is 0 Å². The molecule has 6 nitrogen and oxygen atoms in total. The molecule has 1 aliphatic heterocycles. The van der Waals surface area contributed by atoms with Gasteiger partial charge in [-0.25, -0.2) is 15.0 Å². The van der Waals surface area contributed by atoms with Crippen LogP contribution >= 0.6 is 0 Å². The molecule has 0 spiro atoms. The second-order valence-electron chi connectivity index (χ2n) is 9.07. The maximum absolute atomic E-state index is 5.63. The molecule has 0 N–H and O–H groups in total. The Labute approximate surface area is 185 Å². The fraction of sp³-hybridized carbons (Fsp3) is 0.560. The molecular formula is C25H35N5O. The molecule has 0 saturated carbocycles. The number of hydrogen-bond acceptors (Lipinski definition) is 5. The zero-order valence-electron chi connectivity index (χ0n) is 19.8. The van der Waals surface area contributed by atoms with Crippen LogP contribution in [0.25, 0.3) is 22.4 Å². The van der Waals surface area contributed by atoms with Gasteiger partial charge >= 0.3 is 0 Å². The van der Waals surface area contributed by atoms with Crippen LogP contribution in [-0.4, -0.2) is 51.2 Å². The largest absolute Gasteiger partial charge is 0.480 e.